The van der Waals surface area contributed by atoms with Gasteiger partial charge in [0.1, 0.15) is 5.60 Å². The Hall–Kier alpha value is -0.810. The summed E-state index contributed by atoms with van der Waals surface area (Å²) in [5.74, 6) is 0.454. The Bertz CT molecular complexity index is 276. The van der Waals surface area contributed by atoms with E-state index in [1.807, 2.05) is 20.8 Å². The highest BCUT2D eigenvalue weighted by Gasteiger charge is 2.39. The molecule has 1 atom stereocenters. The van der Waals surface area contributed by atoms with Crippen LogP contribution in [0.15, 0.2) is 0 Å². The summed E-state index contributed by atoms with van der Waals surface area (Å²) in [5, 5.41) is 3.31. The summed E-state index contributed by atoms with van der Waals surface area (Å²) in [6, 6.07) is 0. The number of carbonyl (C=O) groups is 1. The molecular weight excluding hydrogens is 220 g/mol. The maximum atomic E-state index is 11.7. The zero-order chi connectivity index (χ0) is 12.5. The van der Waals surface area contributed by atoms with Crippen molar-refractivity contribution in [3.63, 3.8) is 0 Å². The fourth-order valence-electron chi connectivity index (χ4n) is 2.11. The summed E-state index contributed by atoms with van der Waals surface area (Å²) in [6.07, 6.45) is 0.0416. The third-order valence-electron chi connectivity index (χ3n) is 3.04. The Morgan fingerprint density at radius 1 is 1.41 bits per heavy atom. The zero-order valence-electron chi connectivity index (χ0n) is 10.9. The fourth-order valence-corrected chi connectivity index (χ4v) is 2.11. The van der Waals surface area contributed by atoms with Crippen molar-refractivity contribution >= 4 is 6.09 Å². The van der Waals surface area contributed by atoms with Crippen molar-refractivity contribution in [2.45, 2.75) is 32.5 Å². The molecule has 5 nitrogen and oxygen atoms in total. The number of likely N-dealkylation sites (tertiary alicyclic amines) is 1. The molecule has 2 heterocycles. The van der Waals surface area contributed by atoms with Gasteiger partial charge in [0.05, 0.1) is 12.7 Å². The Morgan fingerprint density at radius 3 is 2.65 bits per heavy atom. The summed E-state index contributed by atoms with van der Waals surface area (Å²) in [4.78, 5) is 13.5. The maximum Gasteiger partial charge on any atom is 0.410 e. The number of carbonyl (C=O) groups excluding carboxylic acids is 1. The summed E-state index contributed by atoms with van der Waals surface area (Å²) in [5.41, 5.74) is -0.412. The van der Waals surface area contributed by atoms with E-state index < -0.39 is 5.60 Å². The van der Waals surface area contributed by atoms with Crippen LogP contribution in [-0.2, 0) is 9.47 Å². The van der Waals surface area contributed by atoms with E-state index in [1.165, 1.54) is 0 Å². The summed E-state index contributed by atoms with van der Waals surface area (Å²) in [7, 11) is 0. The molecule has 0 aromatic rings. The average Bonchev–Trinajstić information content (AvgIpc) is 2.14. The lowest BCUT2D eigenvalue weighted by atomic mass is 9.93. The molecule has 17 heavy (non-hydrogen) atoms. The van der Waals surface area contributed by atoms with E-state index in [0.29, 0.717) is 5.92 Å². The van der Waals surface area contributed by atoms with Gasteiger partial charge in [-0.05, 0) is 20.8 Å². The van der Waals surface area contributed by atoms with Gasteiger partial charge in [0.25, 0.3) is 0 Å². The van der Waals surface area contributed by atoms with Gasteiger partial charge in [-0.3, -0.25) is 0 Å². The van der Waals surface area contributed by atoms with Gasteiger partial charge in [0.15, 0.2) is 0 Å². The highest BCUT2D eigenvalue weighted by atomic mass is 16.6. The molecule has 1 unspecified atom stereocenters. The lowest BCUT2D eigenvalue weighted by Crippen LogP contribution is -2.59. The first-order valence-corrected chi connectivity index (χ1v) is 6.26. The van der Waals surface area contributed by atoms with Gasteiger partial charge < -0.3 is 19.7 Å². The van der Waals surface area contributed by atoms with Crippen LogP contribution in [0.25, 0.3) is 0 Å². The first-order valence-electron chi connectivity index (χ1n) is 6.26. The molecule has 0 bridgehead atoms. The fraction of sp³-hybridized carbons (Fsp3) is 0.917. The van der Waals surface area contributed by atoms with Crippen LogP contribution in [0.3, 0.4) is 0 Å². The number of morpholine rings is 1. The minimum absolute atomic E-state index is 0.211. The Labute approximate surface area is 102 Å². The van der Waals surface area contributed by atoms with Crippen molar-refractivity contribution in [3.8, 4) is 0 Å². The Kier molecular flexibility index (Phi) is 3.58. The minimum atomic E-state index is -0.412. The number of nitrogens with zero attached hydrogens (tertiary/aromatic N) is 1. The number of rotatable bonds is 1. The molecule has 5 heteroatoms. The third kappa shape index (κ3) is 3.33. The maximum absolute atomic E-state index is 11.7. The monoisotopic (exact) mass is 242 g/mol. The molecular formula is C12H22N2O3. The zero-order valence-corrected chi connectivity index (χ0v) is 10.9. The van der Waals surface area contributed by atoms with Crippen molar-refractivity contribution in [3.05, 3.63) is 0 Å². The van der Waals surface area contributed by atoms with Crippen molar-refractivity contribution in [2.75, 3.05) is 32.8 Å². The van der Waals surface area contributed by atoms with Crippen molar-refractivity contribution in [1.29, 1.82) is 0 Å². The number of hydrogen-bond acceptors (Lipinski definition) is 4. The highest BCUT2D eigenvalue weighted by Crippen LogP contribution is 2.24. The predicted molar refractivity (Wildman–Crippen MR) is 63.9 cm³/mol. The number of ether oxygens (including phenoxy) is 2. The second-order valence-electron chi connectivity index (χ2n) is 5.76. The predicted octanol–water partition coefficient (Wildman–Crippen LogP) is 0.842. The van der Waals surface area contributed by atoms with Crippen LogP contribution in [0.5, 0.6) is 0 Å². The van der Waals surface area contributed by atoms with E-state index in [2.05, 4.69) is 5.32 Å². The van der Waals surface area contributed by atoms with Crippen LogP contribution in [0.4, 0.5) is 4.79 Å². The van der Waals surface area contributed by atoms with Gasteiger partial charge >= 0.3 is 6.09 Å². The highest BCUT2D eigenvalue weighted by molar-refractivity contribution is 5.69. The molecule has 1 N–H and O–H groups in total. The van der Waals surface area contributed by atoms with Crippen LogP contribution in [-0.4, -0.2) is 55.5 Å². The molecule has 1 amide bonds. The van der Waals surface area contributed by atoms with Gasteiger partial charge in [-0.2, -0.15) is 0 Å². The van der Waals surface area contributed by atoms with Crippen molar-refractivity contribution in [1.82, 2.24) is 10.2 Å². The van der Waals surface area contributed by atoms with Gasteiger partial charge in [-0.15, -0.1) is 0 Å². The van der Waals surface area contributed by atoms with Crippen LogP contribution in [0.1, 0.15) is 20.8 Å². The van der Waals surface area contributed by atoms with Crippen LogP contribution in [0.2, 0.25) is 0 Å². The van der Waals surface area contributed by atoms with E-state index in [-0.39, 0.29) is 12.2 Å². The largest absolute Gasteiger partial charge is 0.444 e. The van der Waals surface area contributed by atoms with Gasteiger partial charge in [-0.1, -0.05) is 0 Å². The molecule has 0 spiro atoms. The molecule has 0 aliphatic carbocycles. The molecule has 2 rings (SSSR count). The SMILES string of the molecule is CC(C)(C)OC(=O)N1CC(C2CNCCO2)C1. The average molecular weight is 242 g/mol. The Morgan fingerprint density at radius 2 is 2.12 bits per heavy atom. The van der Waals surface area contributed by atoms with Gasteiger partial charge in [-0.25, -0.2) is 4.79 Å². The van der Waals surface area contributed by atoms with Crippen LogP contribution in [0, 0.1) is 5.92 Å². The first-order chi connectivity index (χ1) is 7.96. The summed E-state index contributed by atoms with van der Waals surface area (Å²) in [6.45, 7) is 9.75. The van der Waals surface area contributed by atoms with E-state index >= 15 is 0 Å². The molecule has 0 saturated carbocycles. The van der Waals surface area contributed by atoms with Crippen molar-refractivity contribution in [2.24, 2.45) is 5.92 Å². The lowest BCUT2D eigenvalue weighted by molar-refractivity contribution is -0.0673. The molecule has 2 aliphatic rings. The second kappa shape index (κ2) is 4.82. The quantitative estimate of drug-likeness (QED) is 0.740. The number of amides is 1. The summed E-state index contributed by atoms with van der Waals surface area (Å²) >= 11 is 0. The first kappa shape index (κ1) is 12.6. The van der Waals surface area contributed by atoms with E-state index in [4.69, 9.17) is 9.47 Å². The van der Waals surface area contributed by atoms with Gasteiger partial charge in [0, 0.05) is 32.1 Å². The van der Waals surface area contributed by atoms with Crippen molar-refractivity contribution < 1.29 is 14.3 Å². The molecule has 2 saturated heterocycles. The molecule has 98 valence electrons. The lowest BCUT2D eigenvalue weighted by Gasteiger charge is -2.44. The molecule has 0 aromatic heterocycles. The van der Waals surface area contributed by atoms with Crippen LogP contribution < -0.4 is 5.32 Å². The smallest absolute Gasteiger partial charge is 0.410 e. The second-order valence-corrected chi connectivity index (χ2v) is 5.76. The van der Waals surface area contributed by atoms with Crippen LogP contribution >= 0.6 is 0 Å². The molecule has 0 aromatic carbocycles. The third-order valence-corrected chi connectivity index (χ3v) is 3.04. The standard InChI is InChI=1S/C12H22N2O3/c1-12(2,3)17-11(15)14-7-9(8-14)10-6-13-4-5-16-10/h9-10,13H,4-8H2,1-3H3. The minimum Gasteiger partial charge on any atom is -0.444 e. The number of hydrogen-bond donors (Lipinski definition) is 1. The van der Waals surface area contributed by atoms with Gasteiger partial charge in [0.2, 0.25) is 0 Å². The Balaban J connectivity index is 1.72. The van der Waals surface area contributed by atoms with E-state index in [9.17, 15) is 4.79 Å². The topological polar surface area (TPSA) is 50.8 Å². The number of nitrogens with one attached hydrogen (secondary N) is 1. The molecule has 2 fully saturated rings. The van der Waals surface area contributed by atoms with E-state index in [1.54, 1.807) is 4.90 Å². The molecule has 0 radical (unpaired) electrons. The van der Waals surface area contributed by atoms with E-state index in [0.717, 1.165) is 32.8 Å². The summed E-state index contributed by atoms with van der Waals surface area (Å²) < 4.78 is 11.0. The normalized spacial score (nSPS) is 26.5. The molecule has 2 aliphatic heterocycles.